The number of hydrogen-bond donors (Lipinski definition) is 2. The molecule has 0 radical (unpaired) electrons. The average molecular weight is 310 g/mol. The van der Waals surface area contributed by atoms with Gasteiger partial charge in [0.1, 0.15) is 0 Å². The summed E-state index contributed by atoms with van der Waals surface area (Å²) in [7, 11) is -3.22. The van der Waals surface area contributed by atoms with Crippen LogP contribution < -0.4 is 10.6 Å². The van der Waals surface area contributed by atoms with E-state index in [1.807, 2.05) is 0 Å². The molecule has 5 nitrogen and oxygen atoms in total. The Hall–Kier alpha value is -1.40. The van der Waals surface area contributed by atoms with Crippen molar-refractivity contribution in [1.82, 2.24) is 10.6 Å². The van der Waals surface area contributed by atoms with E-state index < -0.39 is 9.84 Å². The Bertz CT molecular complexity index is 621. The Morgan fingerprint density at radius 1 is 1.33 bits per heavy atom. The van der Waals surface area contributed by atoms with Crippen LogP contribution in [-0.4, -0.2) is 38.2 Å². The van der Waals surface area contributed by atoms with Crippen LogP contribution in [-0.2, 0) is 9.84 Å². The number of sulfone groups is 1. The third kappa shape index (κ3) is 3.44. The molecule has 1 amide bonds. The second kappa shape index (κ2) is 5.77. The Morgan fingerprint density at radius 3 is 2.43 bits per heavy atom. The van der Waals surface area contributed by atoms with Crippen molar-refractivity contribution in [3.8, 4) is 0 Å². The van der Waals surface area contributed by atoms with Gasteiger partial charge in [-0.3, -0.25) is 4.79 Å². The maximum atomic E-state index is 12.2. The zero-order valence-corrected chi connectivity index (χ0v) is 13.5. The van der Waals surface area contributed by atoms with Crippen LogP contribution in [0, 0.1) is 0 Å². The van der Waals surface area contributed by atoms with Crippen molar-refractivity contribution >= 4 is 15.7 Å². The van der Waals surface area contributed by atoms with E-state index in [4.69, 9.17) is 0 Å². The average Bonchev–Trinajstić information content (AvgIpc) is 2.78. The lowest BCUT2D eigenvalue weighted by molar-refractivity contribution is 0.0923. The lowest BCUT2D eigenvalue weighted by Gasteiger charge is -2.27. The Labute approximate surface area is 126 Å². The number of carbonyl (C=O) groups is 1. The van der Waals surface area contributed by atoms with Gasteiger partial charge in [-0.2, -0.15) is 0 Å². The molecule has 21 heavy (non-hydrogen) atoms. The van der Waals surface area contributed by atoms with Crippen molar-refractivity contribution in [2.24, 2.45) is 0 Å². The van der Waals surface area contributed by atoms with Crippen molar-refractivity contribution < 1.29 is 13.2 Å². The van der Waals surface area contributed by atoms with Crippen molar-refractivity contribution in [1.29, 1.82) is 0 Å². The summed E-state index contributed by atoms with van der Waals surface area (Å²) in [6.45, 7) is 6.60. The zero-order valence-electron chi connectivity index (χ0n) is 12.6. The van der Waals surface area contributed by atoms with E-state index in [1.165, 1.54) is 12.1 Å². The van der Waals surface area contributed by atoms with Crippen molar-refractivity contribution in [2.75, 3.05) is 12.3 Å². The molecule has 1 heterocycles. The van der Waals surface area contributed by atoms with Crippen molar-refractivity contribution in [2.45, 2.75) is 43.7 Å². The number of hydrogen-bond acceptors (Lipinski definition) is 4. The van der Waals surface area contributed by atoms with Crippen LogP contribution in [0.3, 0.4) is 0 Å². The van der Waals surface area contributed by atoms with Crippen LogP contribution in [0.2, 0.25) is 0 Å². The molecule has 1 aromatic rings. The normalized spacial score (nSPS) is 21.2. The fourth-order valence-corrected chi connectivity index (χ4v) is 3.38. The Morgan fingerprint density at radius 2 is 1.95 bits per heavy atom. The number of nitrogens with one attached hydrogen (secondary N) is 2. The highest BCUT2D eigenvalue weighted by Crippen LogP contribution is 2.19. The molecule has 0 spiro atoms. The molecule has 1 fully saturated rings. The molecule has 1 aromatic carbocycles. The molecule has 6 heteroatoms. The predicted molar refractivity (Wildman–Crippen MR) is 82.1 cm³/mol. The summed E-state index contributed by atoms with van der Waals surface area (Å²) in [5.74, 6) is -0.113. The Kier molecular flexibility index (Phi) is 4.39. The standard InChI is InChI=1S/C15H22N2O3S/c1-4-21(19,20)12-7-5-11(6-8-12)14(18)17-13-9-10-16-15(13,2)3/h5-8,13,16H,4,9-10H2,1-3H3,(H,17,18). The molecule has 2 rings (SSSR count). The lowest BCUT2D eigenvalue weighted by Crippen LogP contribution is -2.50. The number of benzene rings is 1. The number of amides is 1. The minimum Gasteiger partial charge on any atom is -0.347 e. The van der Waals surface area contributed by atoms with E-state index in [0.717, 1.165) is 13.0 Å². The Balaban J connectivity index is 2.11. The van der Waals surface area contributed by atoms with Crippen LogP contribution >= 0.6 is 0 Å². The maximum Gasteiger partial charge on any atom is 0.251 e. The van der Waals surface area contributed by atoms with E-state index in [2.05, 4.69) is 24.5 Å². The molecular formula is C15H22N2O3S. The summed E-state index contributed by atoms with van der Waals surface area (Å²) in [5, 5.41) is 6.35. The third-order valence-corrected chi connectivity index (χ3v) is 5.80. The van der Waals surface area contributed by atoms with E-state index >= 15 is 0 Å². The fraction of sp³-hybridized carbons (Fsp3) is 0.533. The molecule has 1 aliphatic heterocycles. The van der Waals surface area contributed by atoms with E-state index in [-0.39, 0.29) is 28.1 Å². The maximum absolute atomic E-state index is 12.2. The molecule has 0 aromatic heterocycles. The molecule has 0 aliphatic carbocycles. The number of rotatable bonds is 4. The highest BCUT2D eigenvalue weighted by molar-refractivity contribution is 7.91. The van der Waals surface area contributed by atoms with Crippen LogP contribution in [0.25, 0.3) is 0 Å². The molecule has 1 atom stereocenters. The quantitative estimate of drug-likeness (QED) is 0.880. The summed E-state index contributed by atoms with van der Waals surface area (Å²) < 4.78 is 23.5. The fourth-order valence-electron chi connectivity index (χ4n) is 2.50. The minimum absolute atomic E-state index is 0.0560. The van der Waals surface area contributed by atoms with Gasteiger partial charge in [0, 0.05) is 17.1 Å². The monoisotopic (exact) mass is 310 g/mol. The van der Waals surface area contributed by atoms with Crippen LogP contribution in [0.5, 0.6) is 0 Å². The molecule has 2 N–H and O–H groups in total. The zero-order chi connectivity index (χ0) is 15.7. The van der Waals surface area contributed by atoms with Gasteiger partial charge in [-0.1, -0.05) is 6.92 Å². The minimum atomic E-state index is -3.22. The first-order valence-corrected chi connectivity index (χ1v) is 8.80. The molecular weight excluding hydrogens is 288 g/mol. The van der Waals surface area contributed by atoms with E-state index in [0.29, 0.717) is 5.56 Å². The largest absolute Gasteiger partial charge is 0.347 e. The molecule has 0 saturated carbocycles. The first kappa shape index (κ1) is 16.0. The summed E-state index contributed by atoms with van der Waals surface area (Å²) in [4.78, 5) is 12.5. The van der Waals surface area contributed by atoms with Gasteiger partial charge in [-0.05, 0) is 51.1 Å². The third-order valence-electron chi connectivity index (χ3n) is 4.05. The van der Waals surface area contributed by atoms with E-state index in [9.17, 15) is 13.2 Å². The van der Waals surface area contributed by atoms with Gasteiger partial charge in [-0.25, -0.2) is 8.42 Å². The summed E-state index contributed by atoms with van der Waals surface area (Å²) in [5.41, 5.74) is 0.356. The molecule has 116 valence electrons. The lowest BCUT2D eigenvalue weighted by atomic mass is 9.96. The smallest absolute Gasteiger partial charge is 0.251 e. The second-order valence-corrected chi connectivity index (χ2v) is 8.17. The van der Waals surface area contributed by atoms with Crippen LogP contribution in [0.4, 0.5) is 0 Å². The predicted octanol–water partition coefficient (Wildman–Crippen LogP) is 1.35. The molecule has 1 saturated heterocycles. The van der Waals surface area contributed by atoms with Gasteiger partial charge in [0.2, 0.25) is 0 Å². The van der Waals surface area contributed by atoms with Crippen LogP contribution in [0.1, 0.15) is 37.6 Å². The number of carbonyl (C=O) groups excluding carboxylic acids is 1. The topological polar surface area (TPSA) is 75.3 Å². The van der Waals surface area contributed by atoms with Gasteiger partial charge in [0.05, 0.1) is 10.6 Å². The molecule has 1 aliphatic rings. The van der Waals surface area contributed by atoms with E-state index in [1.54, 1.807) is 19.1 Å². The van der Waals surface area contributed by atoms with Gasteiger partial charge in [0.25, 0.3) is 5.91 Å². The van der Waals surface area contributed by atoms with Gasteiger partial charge in [-0.15, -0.1) is 0 Å². The SMILES string of the molecule is CCS(=O)(=O)c1ccc(C(=O)NC2CCNC2(C)C)cc1. The highest BCUT2D eigenvalue weighted by Gasteiger charge is 2.35. The van der Waals surface area contributed by atoms with Crippen molar-refractivity contribution in [3.05, 3.63) is 29.8 Å². The first-order chi connectivity index (χ1) is 9.76. The highest BCUT2D eigenvalue weighted by atomic mass is 32.2. The summed E-state index contributed by atoms with van der Waals surface area (Å²) >= 11 is 0. The second-order valence-electron chi connectivity index (χ2n) is 5.89. The van der Waals surface area contributed by atoms with Crippen molar-refractivity contribution in [3.63, 3.8) is 0 Å². The van der Waals surface area contributed by atoms with Gasteiger partial charge in [0.15, 0.2) is 9.84 Å². The summed E-state index contributed by atoms with van der Waals surface area (Å²) in [6, 6.07) is 6.18. The van der Waals surface area contributed by atoms with Gasteiger partial charge >= 0.3 is 0 Å². The molecule has 1 unspecified atom stereocenters. The van der Waals surface area contributed by atoms with Crippen LogP contribution in [0.15, 0.2) is 29.2 Å². The first-order valence-electron chi connectivity index (χ1n) is 7.15. The summed E-state index contributed by atoms with van der Waals surface area (Å²) in [6.07, 6.45) is 0.890. The molecule has 0 bridgehead atoms. The van der Waals surface area contributed by atoms with Gasteiger partial charge < -0.3 is 10.6 Å².